The van der Waals surface area contributed by atoms with Crippen LogP contribution in [0.5, 0.6) is 5.75 Å². The minimum Gasteiger partial charge on any atom is -0.479 e. The van der Waals surface area contributed by atoms with Crippen LogP contribution in [0.3, 0.4) is 0 Å². The van der Waals surface area contributed by atoms with Crippen LogP contribution < -0.4 is 20.7 Å². The van der Waals surface area contributed by atoms with Crippen LogP contribution in [0.25, 0.3) is 0 Å². The predicted octanol–water partition coefficient (Wildman–Crippen LogP) is 0.943. The molecule has 1 saturated heterocycles. The molecule has 0 radical (unpaired) electrons. The molecule has 0 spiro atoms. The van der Waals surface area contributed by atoms with E-state index in [9.17, 15) is 14.4 Å². The Kier molecular flexibility index (Phi) is 5.13. The van der Waals surface area contributed by atoms with Gasteiger partial charge in [-0.1, -0.05) is 0 Å². The van der Waals surface area contributed by atoms with E-state index in [1.54, 1.807) is 25.1 Å². The van der Waals surface area contributed by atoms with E-state index in [1.165, 1.54) is 0 Å². The summed E-state index contributed by atoms with van der Waals surface area (Å²) in [4.78, 5) is 38.3. The van der Waals surface area contributed by atoms with Gasteiger partial charge in [-0.05, 0) is 39.0 Å². The Morgan fingerprint density at radius 1 is 1.35 bits per heavy atom. The van der Waals surface area contributed by atoms with Crippen LogP contribution in [0, 0.1) is 0 Å². The quantitative estimate of drug-likeness (QED) is 0.742. The number of piperazine rings is 1. The van der Waals surface area contributed by atoms with Crippen molar-refractivity contribution in [1.29, 1.82) is 0 Å². The maximum Gasteiger partial charge on any atom is 0.265 e. The summed E-state index contributed by atoms with van der Waals surface area (Å²) in [6.07, 6.45) is -0.476. The molecule has 140 valence electrons. The van der Waals surface area contributed by atoms with Crippen LogP contribution in [-0.2, 0) is 14.4 Å². The number of anilines is 2. The van der Waals surface area contributed by atoms with E-state index >= 15 is 0 Å². The molecule has 1 aromatic rings. The summed E-state index contributed by atoms with van der Waals surface area (Å²) in [7, 11) is 0. The number of rotatable bonds is 4. The van der Waals surface area contributed by atoms with Gasteiger partial charge in [0, 0.05) is 24.8 Å². The lowest BCUT2D eigenvalue weighted by Crippen LogP contribution is -2.58. The van der Waals surface area contributed by atoms with Gasteiger partial charge in [0.15, 0.2) is 6.10 Å². The van der Waals surface area contributed by atoms with Gasteiger partial charge >= 0.3 is 0 Å². The van der Waals surface area contributed by atoms with Gasteiger partial charge in [-0.25, -0.2) is 0 Å². The normalized spacial score (nSPS) is 22.9. The molecule has 26 heavy (non-hydrogen) atoms. The molecular formula is C18H24N4O4. The third kappa shape index (κ3) is 3.80. The van der Waals surface area contributed by atoms with Crippen molar-refractivity contribution in [1.82, 2.24) is 10.2 Å². The molecule has 2 heterocycles. The second kappa shape index (κ2) is 7.33. The fraction of sp³-hybridized carbons (Fsp3) is 0.500. The van der Waals surface area contributed by atoms with Crippen molar-refractivity contribution in [2.24, 2.45) is 0 Å². The molecule has 3 amide bonds. The number of amides is 3. The van der Waals surface area contributed by atoms with Crippen molar-refractivity contribution in [3.05, 3.63) is 18.2 Å². The number of hydrogen-bond donors (Lipinski definition) is 3. The number of nitrogens with one attached hydrogen (secondary N) is 3. The van der Waals surface area contributed by atoms with E-state index in [-0.39, 0.29) is 30.2 Å². The number of benzene rings is 1. The molecule has 8 nitrogen and oxygen atoms in total. The monoisotopic (exact) mass is 360 g/mol. The summed E-state index contributed by atoms with van der Waals surface area (Å²) in [5.74, 6) is -0.0468. The van der Waals surface area contributed by atoms with Gasteiger partial charge in [-0.3, -0.25) is 19.3 Å². The molecule has 0 bridgehead atoms. The van der Waals surface area contributed by atoms with Crippen LogP contribution in [0.1, 0.15) is 27.2 Å². The van der Waals surface area contributed by atoms with E-state index < -0.39 is 12.1 Å². The second-order valence-corrected chi connectivity index (χ2v) is 6.85. The Morgan fingerprint density at radius 2 is 2.12 bits per heavy atom. The first-order chi connectivity index (χ1) is 12.3. The lowest BCUT2D eigenvalue weighted by Gasteiger charge is -2.37. The van der Waals surface area contributed by atoms with Gasteiger partial charge in [-0.15, -0.1) is 0 Å². The summed E-state index contributed by atoms with van der Waals surface area (Å²) >= 11 is 0. The molecule has 2 aliphatic rings. The Labute approximate surface area is 152 Å². The minimum absolute atomic E-state index is 0.0704. The molecule has 3 rings (SSSR count). The van der Waals surface area contributed by atoms with E-state index in [2.05, 4.69) is 16.0 Å². The largest absolute Gasteiger partial charge is 0.479 e. The van der Waals surface area contributed by atoms with E-state index in [0.29, 0.717) is 23.7 Å². The Hall–Kier alpha value is -2.61. The SMILES string of the molecule is CC(C)N1CCNC(=O)[C@H]1CC(=O)Nc1ccc2c(c1)NC(=O)[C@H](C)O2. The van der Waals surface area contributed by atoms with Crippen molar-refractivity contribution in [2.45, 2.75) is 45.4 Å². The van der Waals surface area contributed by atoms with Crippen molar-refractivity contribution >= 4 is 29.1 Å². The summed E-state index contributed by atoms with van der Waals surface area (Å²) < 4.78 is 5.50. The number of nitrogens with zero attached hydrogens (tertiary/aromatic N) is 1. The number of fused-ring (bicyclic) bond motifs is 1. The van der Waals surface area contributed by atoms with E-state index in [1.807, 2.05) is 18.7 Å². The zero-order chi connectivity index (χ0) is 18.8. The van der Waals surface area contributed by atoms with Crippen LogP contribution in [0.2, 0.25) is 0 Å². The summed E-state index contributed by atoms with van der Waals surface area (Å²) in [6, 6.07) is 4.76. The highest BCUT2D eigenvalue weighted by Gasteiger charge is 2.33. The van der Waals surface area contributed by atoms with Crippen LogP contribution >= 0.6 is 0 Å². The number of carbonyl (C=O) groups is 3. The fourth-order valence-electron chi connectivity index (χ4n) is 3.23. The highest BCUT2D eigenvalue weighted by atomic mass is 16.5. The molecule has 2 aliphatic heterocycles. The molecule has 8 heteroatoms. The molecule has 0 saturated carbocycles. The maximum atomic E-state index is 12.4. The molecule has 0 unspecified atom stereocenters. The van der Waals surface area contributed by atoms with Crippen molar-refractivity contribution in [2.75, 3.05) is 23.7 Å². The van der Waals surface area contributed by atoms with Gasteiger partial charge in [0.2, 0.25) is 11.8 Å². The number of carbonyl (C=O) groups excluding carboxylic acids is 3. The molecule has 2 atom stereocenters. The second-order valence-electron chi connectivity index (χ2n) is 6.85. The van der Waals surface area contributed by atoms with Crippen molar-refractivity contribution < 1.29 is 19.1 Å². The molecular weight excluding hydrogens is 336 g/mol. The van der Waals surface area contributed by atoms with Gasteiger partial charge in [0.25, 0.3) is 5.91 Å². The zero-order valence-electron chi connectivity index (χ0n) is 15.2. The summed E-state index contributed by atoms with van der Waals surface area (Å²) in [6.45, 7) is 7.01. The first-order valence-electron chi connectivity index (χ1n) is 8.80. The van der Waals surface area contributed by atoms with Gasteiger partial charge < -0.3 is 20.7 Å². The lowest BCUT2D eigenvalue weighted by molar-refractivity contribution is -0.133. The first kappa shape index (κ1) is 18.2. The third-order valence-corrected chi connectivity index (χ3v) is 4.61. The average molecular weight is 360 g/mol. The minimum atomic E-state index is -0.547. The molecule has 3 N–H and O–H groups in total. The highest BCUT2D eigenvalue weighted by molar-refractivity contribution is 6.00. The maximum absolute atomic E-state index is 12.4. The van der Waals surface area contributed by atoms with E-state index in [0.717, 1.165) is 6.54 Å². The average Bonchev–Trinajstić information content (AvgIpc) is 2.57. The smallest absolute Gasteiger partial charge is 0.265 e. The Bertz CT molecular complexity index is 734. The van der Waals surface area contributed by atoms with Crippen LogP contribution in [0.4, 0.5) is 11.4 Å². The van der Waals surface area contributed by atoms with Gasteiger partial charge in [0.05, 0.1) is 18.2 Å². The molecule has 1 fully saturated rings. The topological polar surface area (TPSA) is 99.8 Å². The number of ether oxygens (including phenoxy) is 1. The lowest BCUT2D eigenvalue weighted by atomic mass is 10.1. The highest BCUT2D eigenvalue weighted by Crippen LogP contribution is 2.32. The third-order valence-electron chi connectivity index (χ3n) is 4.61. The predicted molar refractivity (Wildman–Crippen MR) is 97.0 cm³/mol. The van der Waals surface area contributed by atoms with Crippen LogP contribution in [0.15, 0.2) is 18.2 Å². The summed E-state index contributed by atoms with van der Waals surface area (Å²) in [5, 5.41) is 8.35. The van der Waals surface area contributed by atoms with Crippen molar-refractivity contribution in [3.8, 4) is 5.75 Å². The van der Waals surface area contributed by atoms with Crippen molar-refractivity contribution in [3.63, 3.8) is 0 Å². The molecule has 0 aliphatic carbocycles. The van der Waals surface area contributed by atoms with E-state index in [4.69, 9.17) is 4.74 Å². The standard InChI is InChI=1S/C18H24N4O4/c1-10(2)22-7-6-19-18(25)14(22)9-16(23)20-12-4-5-15-13(8-12)21-17(24)11(3)26-15/h4-5,8,10-11,14H,6-7,9H2,1-3H3,(H,19,25)(H,20,23)(H,21,24)/t11-,14+/m0/s1. The fourth-order valence-corrected chi connectivity index (χ4v) is 3.23. The van der Waals surface area contributed by atoms with Gasteiger partial charge in [-0.2, -0.15) is 0 Å². The zero-order valence-corrected chi connectivity index (χ0v) is 15.2. The molecule has 1 aromatic carbocycles. The Morgan fingerprint density at radius 3 is 2.85 bits per heavy atom. The van der Waals surface area contributed by atoms with Crippen LogP contribution in [-0.4, -0.2) is 53.9 Å². The Balaban J connectivity index is 1.67. The first-order valence-corrected chi connectivity index (χ1v) is 8.80. The van der Waals surface area contributed by atoms with Gasteiger partial charge in [0.1, 0.15) is 5.75 Å². The summed E-state index contributed by atoms with van der Waals surface area (Å²) in [5.41, 5.74) is 1.06. The number of hydrogen-bond acceptors (Lipinski definition) is 5. The molecule has 0 aromatic heterocycles.